The summed E-state index contributed by atoms with van der Waals surface area (Å²) in [6, 6.07) is 9.92. The van der Waals surface area contributed by atoms with Gasteiger partial charge in [-0.3, -0.25) is 4.79 Å². The second kappa shape index (κ2) is 6.54. The third-order valence-electron chi connectivity index (χ3n) is 4.25. The van der Waals surface area contributed by atoms with Crippen molar-refractivity contribution in [2.24, 2.45) is 0 Å². The largest absolute Gasteiger partial charge is 0.346 e. The van der Waals surface area contributed by atoms with E-state index in [9.17, 15) is 4.79 Å². The number of nitrogens with zero attached hydrogens (tertiary/aromatic N) is 1. The summed E-state index contributed by atoms with van der Waals surface area (Å²) in [4.78, 5) is 12.5. The summed E-state index contributed by atoms with van der Waals surface area (Å²) >= 11 is 9.35. The number of hydrogen-bond donors (Lipinski definition) is 1. The van der Waals surface area contributed by atoms with E-state index in [1.54, 1.807) is 18.2 Å². The lowest BCUT2D eigenvalue weighted by atomic mass is 10.1. The van der Waals surface area contributed by atoms with Crippen molar-refractivity contribution in [3.63, 3.8) is 0 Å². The van der Waals surface area contributed by atoms with Crippen LogP contribution in [0.3, 0.4) is 0 Å². The molecule has 1 amide bonds. The monoisotopic (exact) mass is 392 g/mol. The summed E-state index contributed by atoms with van der Waals surface area (Å²) < 4.78 is 3.10. The summed E-state index contributed by atoms with van der Waals surface area (Å²) in [5.41, 5.74) is 4.05. The van der Waals surface area contributed by atoms with Crippen molar-refractivity contribution in [3.8, 4) is 0 Å². The molecule has 2 aromatic rings. The van der Waals surface area contributed by atoms with Gasteiger partial charge in [-0.2, -0.15) is 0 Å². The van der Waals surface area contributed by atoms with Gasteiger partial charge in [0.2, 0.25) is 0 Å². The molecule has 0 aliphatic heterocycles. The zero-order chi connectivity index (χ0) is 16.6. The summed E-state index contributed by atoms with van der Waals surface area (Å²) in [7, 11) is 0. The summed E-state index contributed by atoms with van der Waals surface area (Å²) in [6.07, 6.45) is 3.69. The number of rotatable bonds is 3. The number of allylic oxidation sites excluding steroid dienone is 1. The Hall–Kier alpha value is -1.52. The number of halogens is 2. The van der Waals surface area contributed by atoms with Crippen molar-refractivity contribution < 1.29 is 4.79 Å². The van der Waals surface area contributed by atoms with Gasteiger partial charge in [0.1, 0.15) is 0 Å². The normalized spacial score (nSPS) is 17.2. The molecular formula is C18H18BrClN2O. The minimum absolute atomic E-state index is 0.0435. The smallest absolute Gasteiger partial charge is 0.251 e. The van der Waals surface area contributed by atoms with E-state index in [4.69, 9.17) is 11.6 Å². The van der Waals surface area contributed by atoms with Gasteiger partial charge in [-0.15, -0.1) is 0 Å². The van der Waals surface area contributed by atoms with Crippen molar-refractivity contribution in [1.82, 2.24) is 4.57 Å². The molecule has 1 heterocycles. The molecule has 23 heavy (non-hydrogen) atoms. The molecule has 0 bridgehead atoms. The van der Waals surface area contributed by atoms with E-state index < -0.39 is 0 Å². The maximum atomic E-state index is 12.5. The molecule has 5 heteroatoms. The van der Waals surface area contributed by atoms with E-state index in [1.165, 1.54) is 11.4 Å². The Kier molecular flexibility index (Phi) is 4.64. The quantitative estimate of drug-likeness (QED) is 0.742. The average Bonchev–Trinajstić information content (AvgIpc) is 3.09. The van der Waals surface area contributed by atoms with Gasteiger partial charge in [-0.1, -0.05) is 17.7 Å². The van der Waals surface area contributed by atoms with Crippen LogP contribution < -0.4 is 5.32 Å². The third kappa shape index (κ3) is 3.38. The molecule has 3 nitrogen and oxygen atoms in total. The molecule has 1 atom stereocenters. The first-order chi connectivity index (χ1) is 11.0. The van der Waals surface area contributed by atoms with E-state index >= 15 is 0 Å². The first kappa shape index (κ1) is 16.3. The molecule has 0 radical (unpaired) electrons. The minimum Gasteiger partial charge on any atom is -0.346 e. The van der Waals surface area contributed by atoms with E-state index in [0.717, 1.165) is 28.6 Å². The fourth-order valence-electron chi connectivity index (χ4n) is 3.13. The maximum absolute atomic E-state index is 12.5. The van der Waals surface area contributed by atoms with Crippen LogP contribution in [0.2, 0.25) is 5.02 Å². The predicted octanol–water partition coefficient (Wildman–Crippen LogP) is 5.42. The van der Waals surface area contributed by atoms with Crippen LogP contribution in [0.5, 0.6) is 0 Å². The lowest BCUT2D eigenvalue weighted by molar-refractivity contribution is -0.113. The van der Waals surface area contributed by atoms with Crippen molar-refractivity contribution in [1.29, 1.82) is 0 Å². The highest BCUT2D eigenvalue weighted by Gasteiger charge is 2.24. The maximum Gasteiger partial charge on any atom is 0.251 e. The summed E-state index contributed by atoms with van der Waals surface area (Å²) in [6.45, 7) is 4.21. The molecule has 1 N–H and O–H groups in total. The molecule has 0 unspecified atom stereocenters. The van der Waals surface area contributed by atoms with Gasteiger partial charge < -0.3 is 9.88 Å². The van der Waals surface area contributed by atoms with E-state index in [-0.39, 0.29) is 5.91 Å². The van der Waals surface area contributed by atoms with Crippen LogP contribution in [-0.2, 0) is 4.79 Å². The topological polar surface area (TPSA) is 34.0 Å². The lowest BCUT2D eigenvalue weighted by Gasteiger charge is -2.18. The Labute approximate surface area is 149 Å². The Balaban J connectivity index is 1.70. The molecule has 1 aliphatic rings. The molecule has 1 aromatic heterocycles. The predicted molar refractivity (Wildman–Crippen MR) is 98.0 cm³/mol. The van der Waals surface area contributed by atoms with Crippen LogP contribution >= 0.6 is 27.5 Å². The van der Waals surface area contributed by atoms with Gasteiger partial charge in [-0.25, -0.2) is 0 Å². The van der Waals surface area contributed by atoms with E-state index in [1.807, 2.05) is 6.08 Å². The van der Waals surface area contributed by atoms with Crippen molar-refractivity contribution in [3.05, 3.63) is 62.9 Å². The fourth-order valence-corrected chi connectivity index (χ4v) is 3.91. The molecule has 0 saturated heterocycles. The van der Waals surface area contributed by atoms with Gasteiger partial charge in [0, 0.05) is 32.5 Å². The SMILES string of the molecule is Cc1ccc(C)n1[C@@H]1CC=C(C(=O)Nc2ccc(Cl)cc2Br)C1. The highest BCUT2D eigenvalue weighted by molar-refractivity contribution is 9.10. The number of carbonyl (C=O) groups excluding carboxylic acids is 1. The van der Waals surface area contributed by atoms with Crippen LogP contribution in [0, 0.1) is 13.8 Å². The molecule has 1 aliphatic carbocycles. The van der Waals surface area contributed by atoms with E-state index in [0.29, 0.717) is 11.1 Å². The van der Waals surface area contributed by atoms with Crippen molar-refractivity contribution in [2.45, 2.75) is 32.7 Å². The zero-order valence-corrected chi connectivity index (χ0v) is 15.4. The molecule has 1 aromatic carbocycles. The molecule has 120 valence electrons. The number of benzene rings is 1. The van der Waals surface area contributed by atoms with Gasteiger partial charge in [0.15, 0.2) is 0 Å². The van der Waals surface area contributed by atoms with E-state index in [2.05, 4.69) is 51.8 Å². The lowest BCUT2D eigenvalue weighted by Crippen LogP contribution is -2.16. The Bertz CT molecular complexity index is 775. The minimum atomic E-state index is -0.0435. The average molecular weight is 394 g/mol. The number of carbonyl (C=O) groups is 1. The van der Waals surface area contributed by atoms with Crippen LogP contribution in [-0.4, -0.2) is 10.5 Å². The van der Waals surface area contributed by atoms with Gasteiger partial charge >= 0.3 is 0 Å². The number of nitrogens with one attached hydrogen (secondary N) is 1. The Morgan fingerprint density at radius 3 is 2.61 bits per heavy atom. The summed E-state index contributed by atoms with van der Waals surface area (Å²) in [5, 5.41) is 3.59. The second-order valence-corrected chi connectivity index (χ2v) is 7.18. The number of aryl methyl sites for hydroxylation is 2. The standard InChI is InChI=1S/C18H18BrClN2O/c1-11-3-4-12(2)22(11)15-7-5-13(9-15)18(23)21-17-8-6-14(20)10-16(17)19/h3-6,8,10,15H,7,9H2,1-2H3,(H,21,23)/t15-/m1/s1. The Morgan fingerprint density at radius 1 is 1.26 bits per heavy atom. The molecule has 0 fully saturated rings. The first-order valence-electron chi connectivity index (χ1n) is 7.55. The third-order valence-corrected chi connectivity index (χ3v) is 5.14. The highest BCUT2D eigenvalue weighted by atomic mass is 79.9. The van der Waals surface area contributed by atoms with Crippen LogP contribution in [0.1, 0.15) is 30.3 Å². The number of anilines is 1. The molecule has 0 saturated carbocycles. The number of amides is 1. The Morgan fingerprint density at radius 2 is 1.96 bits per heavy atom. The van der Waals surface area contributed by atoms with Crippen LogP contribution in [0.25, 0.3) is 0 Å². The molecular weight excluding hydrogens is 376 g/mol. The number of hydrogen-bond acceptors (Lipinski definition) is 1. The van der Waals surface area contributed by atoms with Gasteiger partial charge in [-0.05, 0) is 73.0 Å². The van der Waals surface area contributed by atoms with Crippen molar-refractivity contribution in [2.75, 3.05) is 5.32 Å². The van der Waals surface area contributed by atoms with Gasteiger partial charge in [0.25, 0.3) is 5.91 Å². The molecule has 0 spiro atoms. The fraction of sp³-hybridized carbons (Fsp3) is 0.278. The number of aromatic nitrogens is 1. The van der Waals surface area contributed by atoms with Crippen LogP contribution in [0.15, 0.2) is 46.5 Å². The zero-order valence-electron chi connectivity index (χ0n) is 13.1. The molecule has 3 rings (SSSR count). The second-order valence-electron chi connectivity index (χ2n) is 5.89. The van der Waals surface area contributed by atoms with Crippen molar-refractivity contribution >= 4 is 39.1 Å². The first-order valence-corrected chi connectivity index (χ1v) is 8.72. The highest BCUT2D eigenvalue weighted by Crippen LogP contribution is 2.33. The summed E-state index contributed by atoms with van der Waals surface area (Å²) in [5.74, 6) is -0.0435. The van der Waals surface area contributed by atoms with Crippen LogP contribution in [0.4, 0.5) is 5.69 Å². The van der Waals surface area contributed by atoms with Gasteiger partial charge in [0.05, 0.1) is 5.69 Å².